The summed E-state index contributed by atoms with van der Waals surface area (Å²) in [5, 5.41) is 9.36. The molecule has 88 valence electrons. The van der Waals surface area contributed by atoms with Crippen molar-refractivity contribution < 1.29 is 14.7 Å². The van der Waals surface area contributed by atoms with Crippen LogP contribution in [0.25, 0.3) is 0 Å². The highest BCUT2D eigenvalue weighted by Gasteiger charge is 2.31. The van der Waals surface area contributed by atoms with Gasteiger partial charge in [-0.1, -0.05) is 19.3 Å². The van der Waals surface area contributed by atoms with Crippen LogP contribution in [0.4, 0.5) is 0 Å². The van der Waals surface area contributed by atoms with E-state index in [-0.39, 0.29) is 18.6 Å². The van der Waals surface area contributed by atoms with Gasteiger partial charge in [0.1, 0.15) is 6.61 Å². The highest BCUT2D eigenvalue weighted by Crippen LogP contribution is 2.35. The molecule has 0 aromatic carbocycles. The van der Waals surface area contributed by atoms with Crippen LogP contribution in [0.1, 0.15) is 32.1 Å². The van der Waals surface area contributed by atoms with Gasteiger partial charge >= 0.3 is 0 Å². The molecule has 5 nitrogen and oxygen atoms in total. The molecule has 1 fully saturated rings. The Bertz CT molecular complexity index is 203. The lowest BCUT2D eigenvalue weighted by Crippen LogP contribution is -2.40. The van der Waals surface area contributed by atoms with Gasteiger partial charge in [0.05, 0.1) is 0 Å². The zero-order valence-corrected chi connectivity index (χ0v) is 9.00. The monoisotopic (exact) mass is 216 g/mol. The molecule has 0 radical (unpaired) electrons. The molecule has 0 aromatic rings. The van der Waals surface area contributed by atoms with E-state index in [2.05, 4.69) is 5.48 Å². The molecule has 0 aliphatic heterocycles. The maximum Gasteiger partial charge on any atom is 0.245 e. The second kappa shape index (κ2) is 6.05. The van der Waals surface area contributed by atoms with E-state index in [9.17, 15) is 9.90 Å². The normalized spacial score (nSPS) is 20.1. The molecule has 0 spiro atoms. The standard InChI is InChI=1S/C10H20N2O3/c11-9(14)6-15-12-7-10(8-13)4-2-1-3-5-10/h12-13H,1-8H2,(H2,11,14). The lowest BCUT2D eigenvalue weighted by Gasteiger charge is -2.35. The van der Waals surface area contributed by atoms with Gasteiger partial charge in [0.25, 0.3) is 0 Å². The highest BCUT2D eigenvalue weighted by atomic mass is 16.6. The van der Waals surface area contributed by atoms with E-state index in [4.69, 9.17) is 10.6 Å². The molecule has 0 unspecified atom stereocenters. The molecule has 1 aliphatic carbocycles. The molecule has 4 N–H and O–H groups in total. The fourth-order valence-corrected chi connectivity index (χ4v) is 2.02. The maximum atomic E-state index is 10.4. The van der Waals surface area contributed by atoms with Crippen LogP contribution < -0.4 is 11.2 Å². The van der Waals surface area contributed by atoms with Gasteiger partial charge in [0.15, 0.2) is 0 Å². The lowest BCUT2D eigenvalue weighted by molar-refractivity contribution is -0.126. The summed E-state index contributed by atoms with van der Waals surface area (Å²) in [6.07, 6.45) is 5.56. The van der Waals surface area contributed by atoms with E-state index < -0.39 is 5.91 Å². The van der Waals surface area contributed by atoms with Crippen molar-refractivity contribution in [3.05, 3.63) is 0 Å². The Balaban J connectivity index is 2.23. The number of carbonyl (C=O) groups excluding carboxylic acids is 1. The second-order valence-corrected chi connectivity index (χ2v) is 4.29. The third-order valence-corrected chi connectivity index (χ3v) is 3.01. The van der Waals surface area contributed by atoms with E-state index in [0.717, 1.165) is 25.7 Å². The Morgan fingerprint density at radius 2 is 2.07 bits per heavy atom. The van der Waals surface area contributed by atoms with E-state index in [0.29, 0.717) is 6.54 Å². The molecule has 1 amide bonds. The molecular formula is C10H20N2O3. The smallest absolute Gasteiger partial charge is 0.245 e. The van der Waals surface area contributed by atoms with E-state index in [1.807, 2.05) is 0 Å². The number of hydrogen-bond donors (Lipinski definition) is 3. The Kier molecular flexibility index (Phi) is 5.01. The molecular weight excluding hydrogens is 196 g/mol. The predicted molar refractivity (Wildman–Crippen MR) is 55.8 cm³/mol. The summed E-state index contributed by atoms with van der Waals surface area (Å²) >= 11 is 0. The fraction of sp³-hybridized carbons (Fsp3) is 0.900. The minimum absolute atomic E-state index is 0.0735. The van der Waals surface area contributed by atoms with Crippen LogP contribution in [0.5, 0.6) is 0 Å². The molecule has 0 heterocycles. The van der Waals surface area contributed by atoms with Crippen LogP contribution in [0, 0.1) is 5.41 Å². The number of nitrogens with one attached hydrogen (secondary N) is 1. The van der Waals surface area contributed by atoms with E-state index >= 15 is 0 Å². The third kappa shape index (κ3) is 4.15. The molecule has 0 bridgehead atoms. The number of hydroxylamine groups is 1. The Labute approximate surface area is 89.9 Å². The summed E-state index contributed by atoms with van der Waals surface area (Å²) in [5.41, 5.74) is 7.57. The number of hydrogen-bond acceptors (Lipinski definition) is 4. The third-order valence-electron chi connectivity index (χ3n) is 3.01. The predicted octanol–water partition coefficient (Wildman–Crippen LogP) is -0.0643. The largest absolute Gasteiger partial charge is 0.396 e. The second-order valence-electron chi connectivity index (χ2n) is 4.29. The minimum Gasteiger partial charge on any atom is -0.396 e. The molecule has 0 atom stereocenters. The van der Waals surface area contributed by atoms with Crippen molar-refractivity contribution in [1.29, 1.82) is 0 Å². The van der Waals surface area contributed by atoms with Gasteiger partial charge in [-0.3, -0.25) is 9.63 Å². The first-order chi connectivity index (χ1) is 7.18. The van der Waals surface area contributed by atoms with Crippen molar-refractivity contribution in [3.63, 3.8) is 0 Å². The Morgan fingerprint density at radius 1 is 1.40 bits per heavy atom. The van der Waals surface area contributed by atoms with Gasteiger partial charge in [0.2, 0.25) is 5.91 Å². The molecule has 0 saturated heterocycles. The molecule has 1 saturated carbocycles. The Hall–Kier alpha value is -0.650. The van der Waals surface area contributed by atoms with Crippen molar-refractivity contribution in [2.24, 2.45) is 11.1 Å². The van der Waals surface area contributed by atoms with Gasteiger partial charge < -0.3 is 10.8 Å². The summed E-state index contributed by atoms with van der Waals surface area (Å²) in [4.78, 5) is 15.3. The zero-order chi connectivity index (χ0) is 11.1. The SMILES string of the molecule is NC(=O)CONCC1(CO)CCCCC1. The van der Waals surface area contributed by atoms with Crippen molar-refractivity contribution in [2.45, 2.75) is 32.1 Å². The van der Waals surface area contributed by atoms with Crippen molar-refractivity contribution in [1.82, 2.24) is 5.48 Å². The molecule has 5 heteroatoms. The van der Waals surface area contributed by atoms with Gasteiger partial charge in [-0.15, -0.1) is 0 Å². The summed E-state index contributed by atoms with van der Waals surface area (Å²) in [6.45, 7) is 0.623. The highest BCUT2D eigenvalue weighted by molar-refractivity contribution is 5.74. The van der Waals surface area contributed by atoms with Crippen LogP contribution in [0.2, 0.25) is 0 Å². The van der Waals surface area contributed by atoms with Gasteiger partial charge in [0, 0.05) is 18.6 Å². The molecule has 15 heavy (non-hydrogen) atoms. The van der Waals surface area contributed by atoms with Gasteiger partial charge in [-0.25, -0.2) is 5.48 Å². The average molecular weight is 216 g/mol. The fourth-order valence-electron chi connectivity index (χ4n) is 2.02. The quantitative estimate of drug-likeness (QED) is 0.429. The number of primary amides is 1. The summed E-state index contributed by atoms with van der Waals surface area (Å²) < 4.78 is 0. The average Bonchev–Trinajstić information content (AvgIpc) is 2.26. The van der Waals surface area contributed by atoms with Crippen molar-refractivity contribution in [3.8, 4) is 0 Å². The first-order valence-electron chi connectivity index (χ1n) is 5.42. The number of nitrogens with two attached hydrogens (primary N) is 1. The van der Waals surface area contributed by atoms with Crippen LogP contribution in [-0.4, -0.2) is 30.8 Å². The molecule has 1 rings (SSSR count). The minimum atomic E-state index is -0.496. The van der Waals surface area contributed by atoms with Crippen LogP contribution in [0.3, 0.4) is 0 Å². The van der Waals surface area contributed by atoms with E-state index in [1.165, 1.54) is 6.42 Å². The summed E-state index contributed by atoms with van der Waals surface area (Å²) in [7, 11) is 0. The van der Waals surface area contributed by atoms with Crippen LogP contribution >= 0.6 is 0 Å². The first-order valence-corrected chi connectivity index (χ1v) is 5.42. The summed E-state index contributed by atoms with van der Waals surface area (Å²) in [5.74, 6) is -0.496. The van der Waals surface area contributed by atoms with Crippen LogP contribution in [0.15, 0.2) is 0 Å². The maximum absolute atomic E-state index is 10.4. The number of carbonyl (C=O) groups is 1. The molecule has 0 aromatic heterocycles. The number of rotatable bonds is 6. The molecule has 1 aliphatic rings. The van der Waals surface area contributed by atoms with E-state index in [1.54, 1.807) is 0 Å². The Morgan fingerprint density at radius 3 is 2.60 bits per heavy atom. The zero-order valence-electron chi connectivity index (χ0n) is 9.00. The van der Waals surface area contributed by atoms with Gasteiger partial charge in [-0.2, -0.15) is 0 Å². The number of amides is 1. The van der Waals surface area contributed by atoms with Crippen molar-refractivity contribution >= 4 is 5.91 Å². The van der Waals surface area contributed by atoms with Gasteiger partial charge in [-0.05, 0) is 12.8 Å². The summed E-state index contributed by atoms with van der Waals surface area (Å²) in [6, 6.07) is 0. The first kappa shape index (κ1) is 12.4. The lowest BCUT2D eigenvalue weighted by atomic mass is 9.75. The topological polar surface area (TPSA) is 84.6 Å². The van der Waals surface area contributed by atoms with Crippen LogP contribution in [-0.2, 0) is 9.63 Å². The van der Waals surface area contributed by atoms with Crippen molar-refractivity contribution in [2.75, 3.05) is 19.8 Å². The number of aliphatic hydroxyl groups is 1. The number of aliphatic hydroxyl groups excluding tert-OH is 1.